The Morgan fingerprint density at radius 2 is 1.89 bits per heavy atom. The van der Waals surface area contributed by atoms with E-state index in [2.05, 4.69) is 56.9 Å². The standard InChI is InChI=1S/C17H28N2/c1-12(2)16-10-7-11-19(16)17(14(4)18)15-9-6-5-8-13(15)3/h5-6,8-9,12,14,16-17H,7,10-11,18H2,1-4H3. The van der Waals surface area contributed by atoms with Crippen LogP contribution in [-0.2, 0) is 0 Å². The SMILES string of the molecule is Cc1ccccc1C(C(C)N)N1CCCC1C(C)C. The average Bonchev–Trinajstić information content (AvgIpc) is 2.80. The van der Waals surface area contributed by atoms with Crippen molar-refractivity contribution in [3.63, 3.8) is 0 Å². The first-order valence-corrected chi connectivity index (χ1v) is 7.59. The van der Waals surface area contributed by atoms with E-state index in [1.54, 1.807) is 0 Å². The van der Waals surface area contributed by atoms with Gasteiger partial charge in [0.2, 0.25) is 0 Å². The second kappa shape index (κ2) is 6.06. The molecule has 0 aliphatic carbocycles. The maximum Gasteiger partial charge on any atom is 0.0502 e. The number of hydrogen-bond acceptors (Lipinski definition) is 2. The molecule has 1 aliphatic rings. The molecule has 0 bridgehead atoms. The molecule has 106 valence electrons. The summed E-state index contributed by atoms with van der Waals surface area (Å²) in [5.41, 5.74) is 9.11. The summed E-state index contributed by atoms with van der Waals surface area (Å²) in [5, 5.41) is 0. The highest BCUT2D eigenvalue weighted by Crippen LogP contribution is 2.35. The molecule has 0 aromatic heterocycles. The zero-order chi connectivity index (χ0) is 14.0. The van der Waals surface area contributed by atoms with Crippen LogP contribution >= 0.6 is 0 Å². The Balaban J connectivity index is 2.33. The third kappa shape index (κ3) is 3.01. The van der Waals surface area contributed by atoms with Crippen molar-refractivity contribution in [1.29, 1.82) is 0 Å². The van der Waals surface area contributed by atoms with Crippen LogP contribution < -0.4 is 5.73 Å². The van der Waals surface area contributed by atoms with Gasteiger partial charge in [0.15, 0.2) is 0 Å². The molecule has 1 fully saturated rings. The van der Waals surface area contributed by atoms with Gasteiger partial charge in [-0.05, 0) is 50.3 Å². The van der Waals surface area contributed by atoms with Crippen LogP contribution in [0.2, 0.25) is 0 Å². The zero-order valence-corrected chi connectivity index (χ0v) is 12.8. The Morgan fingerprint density at radius 1 is 1.21 bits per heavy atom. The van der Waals surface area contributed by atoms with Crippen LogP contribution in [0.1, 0.15) is 50.8 Å². The van der Waals surface area contributed by atoms with E-state index in [9.17, 15) is 0 Å². The summed E-state index contributed by atoms with van der Waals surface area (Å²) in [4.78, 5) is 2.65. The van der Waals surface area contributed by atoms with Crippen molar-refractivity contribution in [1.82, 2.24) is 4.90 Å². The summed E-state index contributed by atoms with van der Waals surface area (Å²) in [6.45, 7) is 10.2. The number of nitrogens with two attached hydrogens (primary N) is 1. The van der Waals surface area contributed by atoms with Crippen molar-refractivity contribution < 1.29 is 0 Å². The van der Waals surface area contributed by atoms with Crippen molar-refractivity contribution in [3.8, 4) is 0 Å². The summed E-state index contributed by atoms with van der Waals surface area (Å²) < 4.78 is 0. The first kappa shape index (κ1) is 14.5. The topological polar surface area (TPSA) is 29.3 Å². The van der Waals surface area contributed by atoms with Gasteiger partial charge in [0, 0.05) is 12.1 Å². The van der Waals surface area contributed by atoms with E-state index in [1.807, 2.05) is 0 Å². The first-order valence-electron chi connectivity index (χ1n) is 7.59. The summed E-state index contributed by atoms with van der Waals surface area (Å²) in [6.07, 6.45) is 2.62. The number of hydrogen-bond donors (Lipinski definition) is 1. The van der Waals surface area contributed by atoms with E-state index in [1.165, 1.54) is 30.5 Å². The highest BCUT2D eigenvalue weighted by atomic mass is 15.2. The molecule has 0 amide bonds. The zero-order valence-electron chi connectivity index (χ0n) is 12.8. The van der Waals surface area contributed by atoms with Gasteiger partial charge in [0.25, 0.3) is 0 Å². The maximum absolute atomic E-state index is 6.34. The fourth-order valence-electron chi connectivity index (χ4n) is 3.56. The second-order valence-electron chi connectivity index (χ2n) is 6.35. The molecule has 0 saturated carbocycles. The van der Waals surface area contributed by atoms with Crippen LogP contribution in [0.4, 0.5) is 0 Å². The maximum atomic E-state index is 6.34. The Kier molecular flexibility index (Phi) is 4.64. The minimum absolute atomic E-state index is 0.167. The minimum atomic E-state index is 0.167. The Morgan fingerprint density at radius 3 is 2.47 bits per heavy atom. The molecule has 3 atom stereocenters. The van der Waals surface area contributed by atoms with Gasteiger partial charge in [-0.25, -0.2) is 0 Å². The number of aryl methyl sites for hydroxylation is 1. The number of benzene rings is 1. The van der Waals surface area contributed by atoms with Crippen molar-refractivity contribution in [2.75, 3.05) is 6.54 Å². The lowest BCUT2D eigenvalue weighted by atomic mass is 9.92. The number of nitrogens with zero attached hydrogens (tertiary/aromatic N) is 1. The van der Waals surface area contributed by atoms with Gasteiger partial charge in [-0.1, -0.05) is 38.1 Å². The molecule has 2 nitrogen and oxygen atoms in total. The molecule has 0 spiro atoms. The third-order valence-electron chi connectivity index (χ3n) is 4.47. The Hall–Kier alpha value is -0.860. The normalized spacial score (nSPS) is 23.8. The Bertz CT molecular complexity index is 411. The lowest BCUT2D eigenvalue weighted by Gasteiger charge is -2.38. The fraction of sp³-hybridized carbons (Fsp3) is 0.647. The summed E-state index contributed by atoms with van der Waals surface area (Å²) in [7, 11) is 0. The van der Waals surface area contributed by atoms with Crippen molar-refractivity contribution in [3.05, 3.63) is 35.4 Å². The van der Waals surface area contributed by atoms with Crippen molar-refractivity contribution in [2.45, 2.75) is 58.7 Å². The lowest BCUT2D eigenvalue weighted by molar-refractivity contribution is 0.130. The average molecular weight is 260 g/mol. The van der Waals surface area contributed by atoms with Crippen LogP contribution in [0.3, 0.4) is 0 Å². The molecule has 19 heavy (non-hydrogen) atoms. The molecule has 1 aliphatic heterocycles. The molecule has 0 radical (unpaired) electrons. The number of rotatable bonds is 4. The predicted molar refractivity (Wildman–Crippen MR) is 82.1 cm³/mol. The van der Waals surface area contributed by atoms with E-state index in [-0.39, 0.29) is 6.04 Å². The largest absolute Gasteiger partial charge is 0.326 e. The highest BCUT2D eigenvalue weighted by molar-refractivity contribution is 5.30. The molecule has 2 heteroatoms. The van der Waals surface area contributed by atoms with Gasteiger partial charge >= 0.3 is 0 Å². The van der Waals surface area contributed by atoms with Crippen molar-refractivity contribution >= 4 is 0 Å². The van der Waals surface area contributed by atoms with E-state index >= 15 is 0 Å². The molecule has 1 aromatic carbocycles. The summed E-state index contributed by atoms with van der Waals surface area (Å²) in [5.74, 6) is 0.702. The molecular formula is C17H28N2. The van der Waals surface area contributed by atoms with Gasteiger partial charge in [-0.15, -0.1) is 0 Å². The lowest BCUT2D eigenvalue weighted by Crippen LogP contribution is -2.44. The number of likely N-dealkylation sites (tertiary alicyclic amines) is 1. The summed E-state index contributed by atoms with van der Waals surface area (Å²) in [6, 6.07) is 9.90. The Labute approximate surface area is 118 Å². The molecule has 2 N–H and O–H groups in total. The van der Waals surface area contributed by atoms with Crippen LogP contribution in [0.15, 0.2) is 24.3 Å². The van der Waals surface area contributed by atoms with Crippen LogP contribution in [-0.4, -0.2) is 23.5 Å². The first-order chi connectivity index (χ1) is 9.02. The van der Waals surface area contributed by atoms with Gasteiger partial charge < -0.3 is 5.73 Å². The molecular weight excluding hydrogens is 232 g/mol. The summed E-state index contributed by atoms with van der Waals surface area (Å²) >= 11 is 0. The van der Waals surface area contributed by atoms with Crippen LogP contribution in [0.5, 0.6) is 0 Å². The highest BCUT2D eigenvalue weighted by Gasteiger charge is 2.35. The van der Waals surface area contributed by atoms with E-state index in [0.717, 1.165) is 0 Å². The minimum Gasteiger partial charge on any atom is -0.326 e. The molecule has 1 heterocycles. The van der Waals surface area contributed by atoms with Gasteiger partial charge in [-0.3, -0.25) is 4.90 Å². The monoisotopic (exact) mass is 260 g/mol. The quantitative estimate of drug-likeness (QED) is 0.897. The molecule has 1 saturated heterocycles. The van der Waals surface area contributed by atoms with Gasteiger partial charge in [0.05, 0.1) is 6.04 Å². The van der Waals surface area contributed by atoms with Crippen molar-refractivity contribution in [2.24, 2.45) is 11.7 Å². The van der Waals surface area contributed by atoms with Crippen LogP contribution in [0.25, 0.3) is 0 Å². The van der Waals surface area contributed by atoms with E-state index in [4.69, 9.17) is 5.73 Å². The molecule has 2 rings (SSSR count). The van der Waals surface area contributed by atoms with Gasteiger partial charge in [-0.2, -0.15) is 0 Å². The van der Waals surface area contributed by atoms with Gasteiger partial charge in [0.1, 0.15) is 0 Å². The second-order valence-corrected chi connectivity index (χ2v) is 6.35. The van der Waals surface area contributed by atoms with Crippen LogP contribution in [0, 0.1) is 12.8 Å². The molecule has 3 unspecified atom stereocenters. The van der Waals surface area contributed by atoms with E-state index < -0.39 is 0 Å². The predicted octanol–water partition coefficient (Wildman–Crippen LogP) is 3.50. The molecule has 1 aromatic rings. The third-order valence-corrected chi connectivity index (χ3v) is 4.47. The van der Waals surface area contributed by atoms with E-state index in [0.29, 0.717) is 18.0 Å². The fourth-order valence-corrected chi connectivity index (χ4v) is 3.56. The smallest absolute Gasteiger partial charge is 0.0502 e.